The Kier molecular flexibility index (Phi) is 2.62. The molecule has 0 fully saturated rings. The Labute approximate surface area is 116 Å². The highest BCUT2D eigenvalue weighted by Gasteiger charge is 2.19. The van der Waals surface area contributed by atoms with Crippen LogP contribution in [0.1, 0.15) is 5.56 Å². The molecule has 0 aliphatic carbocycles. The summed E-state index contributed by atoms with van der Waals surface area (Å²) in [6.07, 6.45) is 1.18. The summed E-state index contributed by atoms with van der Waals surface area (Å²) in [5.41, 5.74) is 2.77. The summed E-state index contributed by atoms with van der Waals surface area (Å²) in [6.45, 7) is 1.98. The molecule has 0 aliphatic rings. The van der Waals surface area contributed by atoms with Gasteiger partial charge in [-0.1, -0.05) is 23.2 Å². The van der Waals surface area contributed by atoms with Crippen LogP contribution >= 0.6 is 11.6 Å². The number of aromatic amines is 1. The molecule has 3 nitrogen and oxygen atoms in total. The van der Waals surface area contributed by atoms with Crippen molar-refractivity contribution in [2.45, 2.75) is 11.8 Å². The Morgan fingerprint density at radius 1 is 1.11 bits per heavy atom. The average Bonchev–Trinajstić information content (AvgIpc) is 2.65. The van der Waals surface area contributed by atoms with Crippen molar-refractivity contribution in [3.8, 4) is 0 Å². The van der Waals surface area contributed by atoms with Gasteiger partial charge < -0.3 is 4.98 Å². The molecule has 3 aromatic rings. The number of rotatable bonds is 1. The third-order valence-corrected chi connectivity index (χ3v) is 4.79. The number of hydrogen-bond acceptors (Lipinski definition) is 2. The largest absolute Gasteiger partial charge is 0.354 e. The highest BCUT2D eigenvalue weighted by molar-refractivity contribution is 7.91. The fraction of sp³-hybridized carbons (Fsp3) is 0.143. The number of hydrogen-bond donors (Lipinski definition) is 1. The van der Waals surface area contributed by atoms with Gasteiger partial charge in [-0.15, -0.1) is 0 Å². The molecule has 0 bridgehead atoms. The molecule has 0 atom stereocenters. The SMILES string of the molecule is Cc1ccc2[nH]c3ccc(Cl)c(S(C)(=O)=O)c3c2c1. The van der Waals surface area contributed by atoms with Crippen molar-refractivity contribution in [2.24, 2.45) is 0 Å². The van der Waals surface area contributed by atoms with Gasteiger partial charge in [-0.2, -0.15) is 0 Å². The Balaban J connectivity index is 2.64. The van der Waals surface area contributed by atoms with Gasteiger partial charge >= 0.3 is 0 Å². The first-order chi connectivity index (χ1) is 8.88. The lowest BCUT2D eigenvalue weighted by Crippen LogP contribution is -1.98. The lowest BCUT2D eigenvalue weighted by atomic mass is 10.1. The Bertz CT molecular complexity index is 910. The predicted molar refractivity (Wildman–Crippen MR) is 78.7 cm³/mol. The molecular weight excluding hydrogens is 282 g/mol. The van der Waals surface area contributed by atoms with Gasteiger partial charge in [0.2, 0.25) is 0 Å². The summed E-state index contributed by atoms with van der Waals surface area (Å²) in [6, 6.07) is 9.33. The summed E-state index contributed by atoms with van der Waals surface area (Å²) in [4.78, 5) is 3.42. The number of aromatic nitrogens is 1. The second-order valence-electron chi connectivity index (χ2n) is 4.75. The highest BCUT2D eigenvalue weighted by atomic mass is 35.5. The van der Waals surface area contributed by atoms with Crippen LogP contribution in [0, 0.1) is 6.92 Å². The number of halogens is 1. The number of aryl methyl sites for hydroxylation is 1. The minimum Gasteiger partial charge on any atom is -0.354 e. The van der Waals surface area contributed by atoms with Crippen molar-refractivity contribution >= 4 is 43.2 Å². The zero-order valence-electron chi connectivity index (χ0n) is 10.5. The van der Waals surface area contributed by atoms with Crippen molar-refractivity contribution in [3.05, 3.63) is 40.9 Å². The molecule has 0 saturated heterocycles. The molecule has 1 N–H and O–H groups in total. The van der Waals surface area contributed by atoms with Crippen LogP contribution in [0.5, 0.6) is 0 Å². The molecule has 0 aliphatic heterocycles. The molecule has 0 spiro atoms. The van der Waals surface area contributed by atoms with Crippen molar-refractivity contribution in [3.63, 3.8) is 0 Å². The standard InChI is InChI=1S/C14H12ClNO2S/c1-8-3-5-11-9(7-8)13-12(16-11)6-4-10(15)14(13)19(2,17)18/h3-7,16H,1-2H3. The number of nitrogens with one attached hydrogen (secondary N) is 1. The Morgan fingerprint density at radius 2 is 1.79 bits per heavy atom. The van der Waals surface area contributed by atoms with Crippen LogP contribution in [-0.2, 0) is 9.84 Å². The lowest BCUT2D eigenvalue weighted by molar-refractivity contribution is 0.603. The maximum absolute atomic E-state index is 12.0. The quantitative estimate of drug-likeness (QED) is 0.744. The van der Waals surface area contributed by atoms with E-state index < -0.39 is 9.84 Å². The van der Waals surface area contributed by atoms with E-state index in [-0.39, 0.29) is 9.92 Å². The molecule has 2 aromatic carbocycles. The van der Waals surface area contributed by atoms with Crippen molar-refractivity contribution < 1.29 is 8.42 Å². The van der Waals surface area contributed by atoms with Gasteiger partial charge in [0, 0.05) is 28.1 Å². The van der Waals surface area contributed by atoms with E-state index in [0.29, 0.717) is 5.39 Å². The van der Waals surface area contributed by atoms with Crippen LogP contribution in [0.2, 0.25) is 5.02 Å². The van der Waals surface area contributed by atoms with Gasteiger partial charge in [-0.05, 0) is 31.2 Å². The summed E-state index contributed by atoms with van der Waals surface area (Å²) in [5, 5.41) is 1.82. The van der Waals surface area contributed by atoms with Gasteiger partial charge in [0.15, 0.2) is 9.84 Å². The molecule has 5 heteroatoms. The van der Waals surface area contributed by atoms with E-state index in [4.69, 9.17) is 11.6 Å². The molecule has 19 heavy (non-hydrogen) atoms. The van der Waals surface area contributed by atoms with Crippen LogP contribution < -0.4 is 0 Å². The smallest absolute Gasteiger partial charge is 0.177 e. The van der Waals surface area contributed by atoms with Crippen LogP contribution in [0.4, 0.5) is 0 Å². The first-order valence-electron chi connectivity index (χ1n) is 5.78. The van der Waals surface area contributed by atoms with E-state index in [1.165, 1.54) is 6.26 Å². The minimum absolute atomic E-state index is 0.198. The second-order valence-corrected chi connectivity index (χ2v) is 7.11. The van der Waals surface area contributed by atoms with Crippen molar-refractivity contribution in [1.82, 2.24) is 4.98 Å². The van der Waals surface area contributed by atoms with Gasteiger partial charge in [0.25, 0.3) is 0 Å². The topological polar surface area (TPSA) is 49.9 Å². The van der Waals surface area contributed by atoms with E-state index in [0.717, 1.165) is 22.0 Å². The first-order valence-corrected chi connectivity index (χ1v) is 8.05. The van der Waals surface area contributed by atoms with Gasteiger partial charge in [0.1, 0.15) is 0 Å². The second kappa shape index (κ2) is 3.99. The zero-order chi connectivity index (χ0) is 13.8. The average molecular weight is 294 g/mol. The molecular formula is C14H12ClNO2S. The van der Waals surface area contributed by atoms with Crippen LogP contribution in [-0.4, -0.2) is 19.7 Å². The van der Waals surface area contributed by atoms with E-state index in [2.05, 4.69) is 4.98 Å². The Hall–Kier alpha value is -1.52. The predicted octanol–water partition coefficient (Wildman–Crippen LogP) is 3.69. The molecule has 3 rings (SSSR count). The maximum atomic E-state index is 12.0. The van der Waals surface area contributed by atoms with E-state index in [9.17, 15) is 8.42 Å². The minimum atomic E-state index is -3.39. The summed E-state index contributed by atoms with van der Waals surface area (Å²) in [5.74, 6) is 0. The number of benzene rings is 2. The third-order valence-electron chi connectivity index (χ3n) is 3.19. The normalized spacial score (nSPS) is 12.4. The lowest BCUT2D eigenvalue weighted by Gasteiger charge is -2.04. The molecule has 0 amide bonds. The summed E-state index contributed by atoms with van der Waals surface area (Å²) < 4.78 is 24.0. The fourth-order valence-corrected chi connectivity index (χ4v) is 4.00. The van der Waals surface area contributed by atoms with Crippen molar-refractivity contribution in [1.29, 1.82) is 0 Å². The summed E-state index contributed by atoms with van der Waals surface area (Å²) >= 11 is 6.09. The number of H-pyrrole nitrogens is 1. The van der Waals surface area contributed by atoms with E-state index >= 15 is 0 Å². The fourth-order valence-electron chi connectivity index (χ4n) is 2.41. The number of sulfone groups is 1. The highest BCUT2D eigenvalue weighted by Crippen LogP contribution is 2.35. The third kappa shape index (κ3) is 1.91. The van der Waals surface area contributed by atoms with Crippen molar-refractivity contribution in [2.75, 3.05) is 6.26 Å². The van der Waals surface area contributed by atoms with Crippen LogP contribution in [0.3, 0.4) is 0 Å². The van der Waals surface area contributed by atoms with Crippen LogP contribution in [0.15, 0.2) is 35.2 Å². The van der Waals surface area contributed by atoms with E-state index in [1.807, 2.05) is 31.2 Å². The maximum Gasteiger partial charge on any atom is 0.177 e. The summed E-state index contributed by atoms with van der Waals surface area (Å²) in [7, 11) is -3.39. The Morgan fingerprint density at radius 3 is 2.47 bits per heavy atom. The van der Waals surface area contributed by atoms with Gasteiger partial charge in [0.05, 0.1) is 9.92 Å². The molecule has 0 unspecified atom stereocenters. The molecule has 0 radical (unpaired) electrons. The molecule has 98 valence electrons. The monoisotopic (exact) mass is 293 g/mol. The first kappa shape index (κ1) is 12.5. The van der Waals surface area contributed by atoms with Crippen LogP contribution in [0.25, 0.3) is 21.8 Å². The molecule has 1 heterocycles. The van der Waals surface area contributed by atoms with E-state index in [1.54, 1.807) is 6.07 Å². The van der Waals surface area contributed by atoms with Gasteiger partial charge in [-0.25, -0.2) is 8.42 Å². The molecule has 0 saturated carbocycles. The molecule has 1 aromatic heterocycles. The number of fused-ring (bicyclic) bond motifs is 3. The van der Waals surface area contributed by atoms with Gasteiger partial charge in [-0.3, -0.25) is 0 Å². The zero-order valence-corrected chi connectivity index (χ0v) is 12.1.